The van der Waals surface area contributed by atoms with Crippen LogP contribution in [0, 0.1) is 5.41 Å². The molecule has 2 heterocycles. The van der Waals surface area contributed by atoms with E-state index in [2.05, 4.69) is 20.6 Å². The lowest BCUT2D eigenvalue weighted by atomic mass is 10.1. The van der Waals surface area contributed by atoms with Crippen LogP contribution in [-0.2, 0) is 15.1 Å². The average molecular weight is 539 g/mol. The van der Waals surface area contributed by atoms with E-state index in [1.165, 1.54) is 29.2 Å². The second kappa shape index (κ2) is 10.4. The summed E-state index contributed by atoms with van der Waals surface area (Å²) in [6, 6.07) is 9.24. The lowest BCUT2D eigenvalue weighted by molar-refractivity contribution is -0.115. The number of nitrogens with two attached hydrogens (primary N) is 2. The number of rotatable bonds is 7. The Balaban J connectivity index is 1.75. The minimum atomic E-state index is -2.64. The maximum atomic E-state index is 12.5. The SMILES string of the molecule is CN(C)C(=O)c1cccc(Oc2nc3c(c(Oc4ccc(C(=N)N)c(N)c4)n2)NC(=O)C(C=S(=O)=O)N3)c1. The van der Waals surface area contributed by atoms with E-state index in [-0.39, 0.29) is 52.3 Å². The third-order valence-electron chi connectivity index (χ3n) is 5.15. The maximum Gasteiger partial charge on any atom is 0.327 e. The summed E-state index contributed by atoms with van der Waals surface area (Å²) in [4.78, 5) is 34.7. The van der Waals surface area contributed by atoms with Crippen LogP contribution >= 0.6 is 0 Å². The predicted molar refractivity (Wildman–Crippen MR) is 140 cm³/mol. The number of nitrogens with zero attached hydrogens (tertiary/aromatic N) is 3. The van der Waals surface area contributed by atoms with Crippen LogP contribution in [0.25, 0.3) is 0 Å². The van der Waals surface area contributed by atoms with Crippen LogP contribution in [0.3, 0.4) is 0 Å². The maximum absolute atomic E-state index is 12.5. The summed E-state index contributed by atoms with van der Waals surface area (Å²) in [5, 5.41) is 13.6. The average Bonchev–Trinajstić information content (AvgIpc) is 2.84. The number of amides is 2. The Bertz CT molecular complexity index is 1600. The number of benzene rings is 2. The van der Waals surface area contributed by atoms with Gasteiger partial charge in [0.2, 0.25) is 10.3 Å². The Morgan fingerprint density at radius 2 is 1.87 bits per heavy atom. The number of carbonyl (C=O) groups is 2. The molecule has 1 unspecified atom stereocenters. The van der Waals surface area contributed by atoms with E-state index in [0.29, 0.717) is 11.1 Å². The van der Waals surface area contributed by atoms with E-state index in [1.807, 2.05) is 0 Å². The van der Waals surface area contributed by atoms with E-state index in [1.54, 1.807) is 32.3 Å². The van der Waals surface area contributed by atoms with Crippen molar-refractivity contribution in [2.24, 2.45) is 5.73 Å². The molecule has 0 spiro atoms. The Hall–Kier alpha value is -5.18. The summed E-state index contributed by atoms with van der Waals surface area (Å²) in [5.74, 6) is -0.860. The van der Waals surface area contributed by atoms with Gasteiger partial charge in [-0.1, -0.05) is 6.07 Å². The van der Waals surface area contributed by atoms with Gasteiger partial charge in [0.25, 0.3) is 17.7 Å². The fourth-order valence-corrected chi connectivity index (χ4v) is 3.81. The Kier molecular flexibility index (Phi) is 7.11. The minimum Gasteiger partial charge on any atom is -0.437 e. The summed E-state index contributed by atoms with van der Waals surface area (Å²) in [6.45, 7) is 0. The molecule has 2 amide bonds. The molecule has 4 rings (SSSR count). The normalized spacial score (nSPS) is 13.8. The van der Waals surface area contributed by atoms with Crippen LogP contribution in [-0.4, -0.2) is 66.4 Å². The van der Waals surface area contributed by atoms with Crippen LogP contribution < -0.4 is 31.6 Å². The molecule has 1 atom stereocenters. The molecule has 0 saturated heterocycles. The van der Waals surface area contributed by atoms with Gasteiger partial charge in [0.05, 0.1) is 5.37 Å². The van der Waals surface area contributed by atoms with Crippen molar-refractivity contribution in [1.82, 2.24) is 14.9 Å². The first-order valence-corrected chi connectivity index (χ1v) is 12.0. The number of nitrogens with one attached hydrogen (secondary N) is 3. The zero-order chi connectivity index (χ0) is 27.6. The van der Waals surface area contributed by atoms with E-state index < -0.39 is 22.2 Å². The first-order valence-electron chi connectivity index (χ1n) is 10.9. The van der Waals surface area contributed by atoms with Crippen molar-refractivity contribution >= 4 is 50.5 Å². The first-order chi connectivity index (χ1) is 18.0. The molecule has 0 bridgehead atoms. The van der Waals surface area contributed by atoms with Gasteiger partial charge in [-0.3, -0.25) is 15.0 Å². The molecule has 3 aromatic rings. The Labute approximate surface area is 217 Å². The fourth-order valence-electron chi connectivity index (χ4n) is 3.40. The predicted octanol–water partition coefficient (Wildman–Crippen LogP) is 1.04. The van der Waals surface area contributed by atoms with E-state index in [0.717, 1.165) is 5.37 Å². The van der Waals surface area contributed by atoms with Gasteiger partial charge in [0, 0.05) is 37.0 Å². The van der Waals surface area contributed by atoms with Crippen molar-refractivity contribution in [3.63, 3.8) is 0 Å². The van der Waals surface area contributed by atoms with E-state index in [4.69, 9.17) is 26.4 Å². The third-order valence-corrected chi connectivity index (χ3v) is 5.64. The largest absolute Gasteiger partial charge is 0.437 e. The van der Waals surface area contributed by atoms with Crippen LogP contribution in [0.15, 0.2) is 42.5 Å². The van der Waals surface area contributed by atoms with Crippen LogP contribution in [0.4, 0.5) is 17.2 Å². The highest BCUT2D eigenvalue weighted by Gasteiger charge is 2.30. The van der Waals surface area contributed by atoms with E-state index >= 15 is 0 Å². The number of hydrogen-bond donors (Lipinski definition) is 5. The molecule has 0 fully saturated rings. The number of nitrogen functional groups attached to an aromatic ring is 2. The number of amidine groups is 1. The second-order valence-corrected chi connectivity index (χ2v) is 8.93. The van der Waals surface area contributed by atoms with E-state index in [9.17, 15) is 18.0 Å². The summed E-state index contributed by atoms with van der Waals surface area (Å²) >= 11 is 0. The molecule has 38 heavy (non-hydrogen) atoms. The molecule has 7 N–H and O–H groups in total. The number of hydrogen-bond acceptors (Lipinski definition) is 11. The Morgan fingerprint density at radius 3 is 2.53 bits per heavy atom. The lowest BCUT2D eigenvalue weighted by Gasteiger charge is -2.24. The quantitative estimate of drug-likeness (QED) is 0.124. The zero-order valence-electron chi connectivity index (χ0n) is 20.1. The summed E-state index contributed by atoms with van der Waals surface area (Å²) < 4.78 is 34.0. The Morgan fingerprint density at radius 1 is 1.13 bits per heavy atom. The zero-order valence-corrected chi connectivity index (χ0v) is 20.9. The molecule has 1 aromatic heterocycles. The smallest absolute Gasteiger partial charge is 0.327 e. The van der Waals surface area contributed by atoms with Crippen LogP contribution in [0.5, 0.6) is 23.4 Å². The molecule has 196 valence electrons. The summed E-state index contributed by atoms with van der Waals surface area (Å²) in [7, 11) is 0.594. The van der Waals surface area contributed by atoms with Gasteiger partial charge in [0.1, 0.15) is 29.1 Å². The number of anilines is 3. The number of ether oxygens (including phenoxy) is 2. The van der Waals surface area contributed by atoms with Gasteiger partial charge in [-0.15, -0.1) is 0 Å². The monoisotopic (exact) mass is 538 g/mol. The van der Waals surface area contributed by atoms with Crippen molar-refractivity contribution in [3.8, 4) is 23.4 Å². The standard InChI is InChI=1S/C23H22N8O6S/c1-31(2)22(33)11-4-3-5-12(8-11)37-23-29-19-17(28-20(32)16(27-19)10-38(34)35)21(30-23)36-13-6-7-14(18(25)26)15(24)9-13/h3-10,16H,24H2,1-2H3,(H3,25,26)(H,28,32)(H,27,29,30). The van der Waals surface area contributed by atoms with Crippen molar-refractivity contribution in [2.75, 3.05) is 30.5 Å². The molecule has 14 nitrogen and oxygen atoms in total. The van der Waals surface area contributed by atoms with Gasteiger partial charge >= 0.3 is 6.01 Å². The molecule has 1 aliphatic rings. The van der Waals surface area contributed by atoms with Crippen LogP contribution in [0.1, 0.15) is 15.9 Å². The van der Waals surface area contributed by atoms with Crippen molar-refractivity contribution in [2.45, 2.75) is 6.04 Å². The van der Waals surface area contributed by atoms with Crippen molar-refractivity contribution in [3.05, 3.63) is 53.6 Å². The third kappa shape index (κ3) is 5.62. The highest BCUT2D eigenvalue weighted by Crippen LogP contribution is 2.38. The number of aromatic nitrogens is 2. The molecular weight excluding hydrogens is 516 g/mol. The molecule has 1 aliphatic heterocycles. The topological polar surface area (TPSA) is 216 Å². The van der Waals surface area contributed by atoms with Gasteiger partial charge in [-0.25, -0.2) is 0 Å². The van der Waals surface area contributed by atoms with Gasteiger partial charge in [0.15, 0.2) is 5.82 Å². The molecule has 0 aliphatic carbocycles. The highest BCUT2D eigenvalue weighted by atomic mass is 32.2. The van der Waals surface area contributed by atoms with Crippen LogP contribution in [0.2, 0.25) is 0 Å². The van der Waals surface area contributed by atoms with Crippen molar-refractivity contribution < 1.29 is 27.5 Å². The molecule has 0 saturated carbocycles. The number of fused-ring (bicyclic) bond motifs is 1. The molecular formula is C23H22N8O6S. The summed E-state index contributed by atoms with van der Waals surface area (Å²) in [6.07, 6.45) is 0. The number of carbonyl (C=O) groups excluding carboxylic acids is 2. The summed E-state index contributed by atoms with van der Waals surface area (Å²) in [5.41, 5.74) is 12.3. The fraction of sp³-hybridized carbons (Fsp3) is 0.130. The van der Waals surface area contributed by atoms with Crippen molar-refractivity contribution in [1.29, 1.82) is 5.41 Å². The second-order valence-electron chi connectivity index (χ2n) is 8.14. The van der Waals surface area contributed by atoms with Gasteiger partial charge < -0.3 is 36.5 Å². The highest BCUT2D eigenvalue weighted by molar-refractivity contribution is 7.71. The lowest BCUT2D eigenvalue weighted by Crippen LogP contribution is -2.40. The van der Waals surface area contributed by atoms with Gasteiger partial charge in [-0.2, -0.15) is 18.4 Å². The first kappa shape index (κ1) is 25.9. The molecule has 15 heteroatoms. The molecule has 2 aromatic carbocycles. The molecule has 0 radical (unpaired) electrons. The van der Waals surface area contributed by atoms with Gasteiger partial charge in [-0.05, 0) is 30.3 Å². The minimum absolute atomic E-state index is 0.0187.